The number of rotatable bonds is 2. The number of benzene rings is 1. The lowest BCUT2D eigenvalue weighted by molar-refractivity contribution is 0.101. The van der Waals surface area contributed by atoms with Gasteiger partial charge in [-0.2, -0.15) is 0 Å². The summed E-state index contributed by atoms with van der Waals surface area (Å²) < 4.78 is 5.23. The van der Waals surface area contributed by atoms with Gasteiger partial charge in [0.15, 0.2) is 5.78 Å². The first kappa shape index (κ1) is 9.82. The Labute approximate surface area is 85.9 Å². The van der Waals surface area contributed by atoms with Crippen LogP contribution in [0.5, 0.6) is 0 Å². The molecule has 0 bridgehead atoms. The number of hydrogen-bond acceptors (Lipinski definition) is 2. The fourth-order valence-electron chi connectivity index (χ4n) is 1.89. The Kier molecular flexibility index (Phi) is 2.66. The van der Waals surface area contributed by atoms with E-state index >= 15 is 0 Å². The molecule has 0 radical (unpaired) electrons. The fourth-order valence-corrected chi connectivity index (χ4v) is 2.09. The lowest BCUT2D eigenvalue weighted by Gasteiger charge is -2.03. The number of fused-ring (bicyclic) bond motifs is 1. The summed E-state index contributed by atoms with van der Waals surface area (Å²) in [6.45, 7) is 1.60. The third-order valence-corrected chi connectivity index (χ3v) is 3.09. The summed E-state index contributed by atoms with van der Waals surface area (Å²) in [5, 5.41) is 0. The highest BCUT2D eigenvalue weighted by molar-refractivity contribution is 7.09. The minimum atomic E-state index is 0.128. The van der Waals surface area contributed by atoms with E-state index in [1.165, 1.54) is 11.1 Å². The predicted molar refractivity (Wildman–Crippen MR) is 58.4 cm³/mol. The molecule has 0 heterocycles. The van der Waals surface area contributed by atoms with E-state index in [9.17, 15) is 4.79 Å². The molecule has 0 N–H and O–H groups in total. The van der Waals surface area contributed by atoms with Crippen molar-refractivity contribution < 1.29 is 9.32 Å². The highest BCUT2D eigenvalue weighted by Crippen LogP contribution is 2.26. The number of carbonyl (C=O) groups is 1. The summed E-state index contributed by atoms with van der Waals surface area (Å²) in [6.07, 6.45) is 2.13. The van der Waals surface area contributed by atoms with Crippen LogP contribution in [0.3, 0.4) is 0 Å². The zero-order chi connectivity index (χ0) is 10.1. The summed E-state index contributed by atoms with van der Waals surface area (Å²) in [5.74, 6) is 0.128. The first-order valence-corrected chi connectivity index (χ1v) is 5.16. The van der Waals surface area contributed by atoms with E-state index < -0.39 is 0 Å². The molecule has 1 aromatic rings. The lowest BCUT2D eigenvalue weighted by Crippen LogP contribution is -2.05. The second-order valence-electron chi connectivity index (χ2n) is 3.71. The van der Waals surface area contributed by atoms with Gasteiger partial charge in [0.25, 0.3) is 0 Å². The van der Waals surface area contributed by atoms with Gasteiger partial charge in [-0.3, -0.25) is 4.79 Å². The first-order chi connectivity index (χ1) is 6.70. The highest BCUT2D eigenvalue weighted by Gasteiger charge is 2.21. The minimum Gasteiger partial charge on any atom is -0.362 e. The van der Waals surface area contributed by atoms with Crippen LogP contribution in [0.15, 0.2) is 18.2 Å². The van der Waals surface area contributed by atoms with Crippen LogP contribution in [0.4, 0.5) is 0 Å². The summed E-state index contributed by atoms with van der Waals surface area (Å²) in [4.78, 5) is 11.2. The van der Waals surface area contributed by atoms with Crippen molar-refractivity contribution in [3.63, 3.8) is 0 Å². The molecular formula is C11H13O2P. The van der Waals surface area contributed by atoms with Gasteiger partial charge in [-0.15, -0.1) is 0 Å². The second kappa shape index (κ2) is 3.80. The van der Waals surface area contributed by atoms with E-state index in [2.05, 4.69) is 9.47 Å². The maximum absolute atomic E-state index is 11.2. The molecule has 1 unspecified atom stereocenters. The number of ketones is 1. The largest absolute Gasteiger partial charge is 0.362 e. The third kappa shape index (κ3) is 1.73. The van der Waals surface area contributed by atoms with Crippen LogP contribution in [0.1, 0.15) is 28.4 Å². The molecule has 3 heteroatoms. The van der Waals surface area contributed by atoms with Crippen LogP contribution >= 0.6 is 9.47 Å². The van der Waals surface area contributed by atoms with Crippen molar-refractivity contribution in [3.8, 4) is 0 Å². The zero-order valence-corrected chi connectivity index (χ0v) is 9.27. The first-order valence-electron chi connectivity index (χ1n) is 4.69. The van der Waals surface area contributed by atoms with Gasteiger partial charge in [-0.1, -0.05) is 12.1 Å². The van der Waals surface area contributed by atoms with Crippen molar-refractivity contribution in [2.24, 2.45) is 0 Å². The molecule has 14 heavy (non-hydrogen) atoms. The summed E-state index contributed by atoms with van der Waals surface area (Å²) in [5.41, 5.74) is 3.36. The Balaban J connectivity index is 2.31. The Morgan fingerprint density at radius 1 is 1.43 bits per heavy atom. The van der Waals surface area contributed by atoms with Gasteiger partial charge in [-0.25, -0.2) is 0 Å². The fraction of sp³-hybridized carbons (Fsp3) is 0.364. The van der Waals surface area contributed by atoms with Crippen LogP contribution in [-0.2, 0) is 17.4 Å². The molecule has 2 nitrogen and oxygen atoms in total. The Morgan fingerprint density at radius 2 is 2.14 bits per heavy atom. The molecule has 2 rings (SSSR count). The van der Waals surface area contributed by atoms with E-state index in [0.717, 1.165) is 18.4 Å². The van der Waals surface area contributed by atoms with E-state index in [1.54, 1.807) is 6.92 Å². The van der Waals surface area contributed by atoms with Gasteiger partial charge in [0.2, 0.25) is 0 Å². The van der Waals surface area contributed by atoms with Gasteiger partial charge < -0.3 is 4.52 Å². The molecule has 0 saturated heterocycles. The molecule has 0 spiro atoms. The third-order valence-electron chi connectivity index (χ3n) is 2.70. The molecule has 0 aliphatic heterocycles. The normalized spacial score (nSPS) is 19.4. The van der Waals surface area contributed by atoms with Gasteiger partial charge in [0.1, 0.15) is 0 Å². The van der Waals surface area contributed by atoms with Gasteiger partial charge in [-0.05, 0) is 37.0 Å². The van der Waals surface area contributed by atoms with Gasteiger partial charge >= 0.3 is 0 Å². The molecule has 0 saturated carbocycles. The van der Waals surface area contributed by atoms with E-state index in [-0.39, 0.29) is 11.9 Å². The van der Waals surface area contributed by atoms with Crippen LogP contribution in [-0.4, -0.2) is 11.9 Å². The van der Waals surface area contributed by atoms with E-state index in [4.69, 9.17) is 4.52 Å². The summed E-state index contributed by atoms with van der Waals surface area (Å²) >= 11 is 0. The van der Waals surface area contributed by atoms with Crippen molar-refractivity contribution in [2.45, 2.75) is 25.9 Å². The number of carbonyl (C=O) groups excluding carboxylic acids is 1. The van der Waals surface area contributed by atoms with Gasteiger partial charge in [0.05, 0.1) is 6.10 Å². The van der Waals surface area contributed by atoms with Crippen molar-refractivity contribution in [2.75, 3.05) is 0 Å². The Bertz CT molecular complexity index is 374. The van der Waals surface area contributed by atoms with Crippen molar-refractivity contribution in [1.29, 1.82) is 0 Å². The molecule has 74 valence electrons. The minimum absolute atomic E-state index is 0.128. The Morgan fingerprint density at radius 3 is 2.79 bits per heavy atom. The maximum atomic E-state index is 11.2. The lowest BCUT2D eigenvalue weighted by atomic mass is 10.0. The summed E-state index contributed by atoms with van der Waals surface area (Å²) in [7, 11) is 2.31. The number of hydrogen-bond donors (Lipinski definition) is 0. The van der Waals surface area contributed by atoms with Crippen molar-refractivity contribution in [3.05, 3.63) is 34.9 Å². The van der Waals surface area contributed by atoms with Crippen LogP contribution in [0.25, 0.3) is 0 Å². The average Bonchev–Trinajstić information content (AvgIpc) is 2.58. The zero-order valence-electron chi connectivity index (χ0n) is 8.12. The standard InChI is InChI=1S/C11H13O2P/c1-7(12)8-2-3-9-5-11(13-14)6-10(9)4-8/h2-4,11H,5-6,14H2,1H3/t11-/m0/s1. The molecule has 1 aliphatic carbocycles. The second-order valence-corrected chi connectivity index (χ2v) is 3.98. The predicted octanol–water partition coefficient (Wildman–Crippen LogP) is 2.16. The SMILES string of the molecule is CC(=O)c1ccc2c(c1)C[C@@H](OP)C2. The topological polar surface area (TPSA) is 26.3 Å². The molecule has 1 aromatic carbocycles. The van der Waals surface area contributed by atoms with E-state index in [0.29, 0.717) is 0 Å². The van der Waals surface area contributed by atoms with E-state index in [1.807, 2.05) is 18.2 Å². The molecule has 0 fully saturated rings. The highest BCUT2D eigenvalue weighted by atomic mass is 31.0. The maximum Gasteiger partial charge on any atom is 0.159 e. The smallest absolute Gasteiger partial charge is 0.159 e. The molecule has 0 amide bonds. The van der Waals surface area contributed by atoms with Crippen molar-refractivity contribution in [1.82, 2.24) is 0 Å². The van der Waals surface area contributed by atoms with Crippen molar-refractivity contribution >= 4 is 15.2 Å². The quantitative estimate of drug-likeness (QED) is 0.550. The number of Topliss-reactive ketones (excluding diaryl/α,β-unsaturated/α-hetero) is 1. The molecular weight excluding hydrogens is 195 g/mol. The monoisotopic (exact) mass is 208 g/mol. The van der Waals surface area contributed by atoms with Crippen LogP contribution < -0.4 is 0 Å². The van der Waals surface area contributed by atoms with Gasteiger partial charge in [0, 0.05) is 15.0 Å². The molecule has 1 aliphatic rings. The average molecular weight is 208 g/mol. The molecule has 0 aromatic heterocycles. The van der Waals surface area contributed by atoms with Crippen LogP contribution in [0, 0.1) is 0 Å². The summed E-state index contributed by atoms with van der Waals surface area (Å²) in [6, 6.07) is 5.92. The van der Waals surface area contributed by atoms with Crippen LogP contribution in [0.2, 0.25) is 0 Å². The Hall–Kier alpha value is -0.720. The molecule has 2 atom stereocenters.